The van der Waals surface area contributed by atoms with Gasteiger partial charge in [-0.15, -0.1) is 0 Å². The summed E-state index contributed by atoms with van der Waals surface area (Å²) in [6.45, 7) is 7.35. The summed E-state index contributed by atoms with van der Waals surface area (Å²) in [5.74, 6) is 0.130. The van der Waals surface area contributed by atoms with Crippen molar-refractivity contribution in [2.75, 3.05) is 31.9 Å². The second-order valence-electron chi connectivity index (χ2n) is 4.39. The molecule has 0 amide bonds. The third-order valence-corrected chi connectivity index (χ3v) is 4.34. The molecule has 2 nitrogen and oxygen atoms in total. The van der Waals surface area contributed by atoms with E-state index in [9.17, 15) is 13.2 Å². The molecule has 0 atom stereocenters. The first-order valence-corrected chi connectivity index (χ1v) is 7.08. The monoisotopic (exact) mass is 270 g/mol. The molecule has 0 radical (unpaired) electrons. The first-order valence-electron chi connectivity index (χ1n) is 6.10. The maximum Gasteiger partial charge on any atom is 0.441 e. The average Bonchev–Trinajstić information content (AvgIpc) is 2.28. The van der Waals surface area contributed by atoms with E-state index < -0.39 is 5.51 Å². The van der Waals surface area contributed by atoms with Crippen LogP contribution in [0.25, 0.3) is 0 Å². The van der Waals surface area contributed by atoms with Crippen LogP contribution in [0.1, 0.15) is 26.7 Å². The Morgan fingerprint density at radius 3 is 2.47 bits per heavy atom. The number of hydrogen-bond donors (Lipinski definition) is 1. The summed E-state index contributed by atoms with van der Waals surface area (Å²) in [6, 6.07) is 0. The molecule has 0 aromatic carbocycles. The molecule has 1 fully saturated rings. The minimum atomic E-state index is -4.10. The highest BCUT2D eigenvalue weighted by molar-refractivity contribution is 8.00. The maximum atomic E-state index is 12.1. The van der Waals surface area contributed by atoms with Gasteiger partial charge in [-0.25, -0.2) is 0 Å². The number of hydrogen-bond acceptors (Lipinski definition) is 3. The molecule has 17 heavy (non-hydrogen) atoms. The van der Waals surface area contributed by atoms with Crippen molar-refractivity contribution in [1.29, 1.82) is 0 Å². The second-order valence-corrected chi connectivity index (χ2v) is 5.55. The van der Waals surface area contributed by atoms with Crippen LogP contribution < -0.4 is 5.32 Å². The number of rotatable bonds is 5. The molecule has 0 aliphatic carbocycles. The lowest BCUT2D eigenvalue weighted by molar-refractivity contribution is -0.0331. The summed E-state index contributed by atoms with van der Waals surface area (Å²) in [6.07, 6.45) is 1.96. The molecule has 0 saturated carbocycles. The summed E-state index contributed by atoms with van der Waals surface area (Å²) in [4.78, 5) is 2.22. The molecular weight excluding hydrogens is 249 g/mol. The van der Waals surface area contributed by atoms with Gasteiger partial charge in [0.15, 0.2) is 0 Å². The average molecular weight is 270 g/mol. The highest BCUT2D eigenvalue weighted by Crippen LogP contribution is 2.31. The fourth-order valence-corrected chi connectivity index (χ4v) is 2.99. The van der Waals surface area contributed by atoms with Gasteiger partial charge in [-0.3, -0.25) is 4.90 Å². The standard InChI is InChI=1S/C11H21F3N2S/c1-3-10(4-2)9-15-5-6-16(10)7-8-17-11(12,13)14/h15H,3-9H2,1-2H3. The van der Waals surface area contributed by atoms with Gasteiger partial charge in [0.05, 0.1) is 0 Å². The largest absolute Gasteiger partial charge is 0.441 e. The van der Waals surface area contributed by atoms with Crippen LogP contribution in [-0.2, 0) is 0 Å². The summed E-state index contributed by atoms with van der Waals surface area (Å²) in [7, 11) is 0. The fraction of sp³-hybridized carbons (Fsp3) is 1.00. The van der Waals surface area contributed by atoms with Gasteiger partial charge < -0.3 is 5.32 Å². The Balaban J connectivity index is 2.48. The number of alkyl halides is 3. The summed E-state index contributed by atoms with van der Waals surface area (Å²) in [5.41, 5.74) is -4.06. The van der Waals surface area contributed by atoms with Crippen molar-refractivity contribution < 1.29 is 13.2 Å². The number of thioether (sulfide) groups is 1. The van der Waals surface area contributed by atoms with Gasteiger partial charge in [0.1, 0.15) is 0 Å². The van der Waals surface area contributed by atoms with E-state index in [1.807, 2.05) is 0 Å². The Morgan fingerprint density at radius 2 is 1.94 bits per heavy atom. The molecule has 0 unspecified atom stereocenters. The lowest BCUT2D eigenvalue weighted by atomic mass is 9.89. The lowest BCUT2D eigenvalue weighted by Crippen LogP contribution is -2.61. The Labute approximate surface area is 105 Å². The van der Waals surface area contributed by atoms with E-state index in [4.69, 9.17) is 0 Å². The Bertz CT molecular complexity index is 229. The molecule has 6 heteroatoms. The van der Waals surface area contributed by atoms with Crippen molar-refractivity contribution >= 4 is 11.8 Å². The van der Waals surface area contributed by atoms with Gasteiger partial charge in [0.2, 0.25) is 0 Å². The van der Waals surface area contributed by atoms with Gasteiger partial charge in [-0.05, 0) is 24.6 Å². The van der Waals surface area contributed by atoms with Crippen molar-refractivity contribution in [1.82, 2.24) is 10.2 Å². The highest BCUT2D eigenvalue weighted by Gasteiger charge is 2.36. The van der Waals surface area contributed by atoms with Crippen molar-refractivity contribution in [2.24, 2.45) is 0 Å². The van der Waals surface area contributed by atoms with E-state index in [0.717, 1.165) is 32.5 Å². The zero-order valence-electron chi connectivity index (χ0n) is 10.4. The van der Waals surface area contributed by atoms with E-state index in [1.165, 1.54) is 0 Å². The van der Waals surface area contributed by atoms with Crippen LogP contribution in [0.4, 0.5) is 13.2 Å². The molecule has 0 spiro atoms. The molecule has 0 bridgehead atoms. The van der Waals surface area contributed by atoms with Crippen LogP contribution in [0.3, 0.4) is 0 Å². The van der Waals surface area contributed by atoms with E-state index in [1.54, 1.807) is 0 Å². The van der Waals surface area contributed by atoms with Gasteiger partial charge in [-0.1, -0.05) is 13.8 Å². The quantitative estimate of drug-likeness (QED) is 0.827. The van der Waals surface area contributed by atoms with E-state index >= 15 is 0 Å². The smallest absolute Gasteiger partial charge is 0.314 e. The van der Waals surface area contributed by atoms with Crippen LogP contribution in [0.2, 0.25) is 0 Å². The molecule has 0 aromatic rings. The molecule has 1 N–H and O–H groups in total. The zero-order chi connectivity index (χ0) is 12.9. The normalized spacial score (nSPS) is 21.7. The highest BCUT2D eigenvalue weighted by atomic mass is 32.2. The third kappa shape index (κ3) is 4.34. The van der Waals surface area contributed by atoms with Crippen molar-refractivity contribution in [3.63, 3.8) is 0 Å². The van der Waals surface area contributed by atoms with E-state index in [-0.39, 0.29) is 23.1 Å². The first-order chi connectivity index (χ1) is 7.93. The first kappa shape index (κ1) is 15.1. The predicted octanol–water partition coefficient (Wildman–Crippen LogP) is 2.70. The maximum absolute atomic E-state index is 12.1. The zero-order valence-corrected chi connectivity index (χ0v) is 11.3. The van der Waals surface area contributed by atoms with Crippen LogP contribution in [-0.4, -0.2) is 47.9 Å². The number of nitrogens with zero attached hydrogens (tertiary/aromatic N) is 1. The third-order valence-electron chi connectivity index (χ3n) is 3.63. The molecule has 1 heterocycles. The fourth-order valence-electron chi connectivity index (χ4n) is 2.45. The topological polar surface area (TPSA) is 15.3 Å². The van der Waals surface area contributed by atoms with Crippen LogP contribution in [0.15, 0.2) is 0 Å². The molecule has 1 saturated heterocycles. The number of halogens is 3. The van der Waals surface area contributed by atoms with Crippen LogP contribution >= 0.6 is 11.8 Å². The number of piperazine rings is 1. The molecular formula is C11H21F3N2S. The minimum Gasteiger partial charge on any atom is -0.314 e. The number of nitrogens with one attached hydrogen (secondary N) is 1. The van der Waals surface area contributed by atoms with Gasteiger partial charge in [0, 0.05) is 37.5 Å². The molecule has 1 rings (SSSR count). The summed E-state index contributed by atoms with van der Waals surface area (Å²) in [5, 5.41) is 3.34. The molecule has 1 aliphatic heterocycles. The van der Waals surface area contributed by atoms with Crippen LogP contribution in [0, 0.1) is 0 Å². The molecule has 102 valence electrons. The molecule has 1 aliphatic rings. The molecule has 0 aromatic heterocycles. The predicted molar refractivity (Wildman–Crippen MR) is 66.3 cm³/mol. The second kappa shape index (κ2) is 6.29. The van der Waals surface area contributed by atoms with Crippen molar-refractivity contribution in [3.05, 3.63) is 0 Å². The van der Waals surface area contributed by atoms with E-state index in [0.29, 0.717) is 6.54 Å². The van der Waals surface area contributed by atoms with Gasteiger partial charge >= 0.3 is 5.51 Å². The van der Waals surface area contributed by atoms with Crippen molar-refractivity contribution in [2.45, 2.75) is 37.7 Å². The summed E-state index contributed by atoms with van der Waals surface area (Å²) >= 11 is 0.0869. The van der Waals surface area contributed by atoms with Gasteiger partial charge in [0.25, 0.3) is 0 Å². The lowest BCUT2D eigenvalue weighted by Gasteiger charge is -2.47. The van der Waals surface area contributed by atoms with E-state index in [2.05, 4.69) is 24.1 Å². The Morgan fingerprint density at radius 1 is 1.29 bits per heavy atom. The van der Waals surface area contributed by atoms with Crippen LogP contribution in [0.5, 0.6) is 0 Å². The Hall–Kier alpha value is 0.0600. The van der Waals surface area contributed by atoms with Gasteiger partial charge in [-0.2, -0.15) is 13.2 Å². The van der Waals surface area contributed by atoms with Crippen molar-refractivity contribution in [3.8, 4) is 0 Å². The SMILES string of the molecule is CCC1(CC)CNCCN1CCSC(F)(F)F. The summed E-state index contributed by atoms with van der Waals surface area (Å²) < 4.78 is 36.3. The Kier molecular flexibility index (Phi) is 5.60. The minimum absolute atomic E-state index is 0.0460.